The molecule has 1 aromatic carbocycles. The third-order valence-corrected chi connectivity index (χ3v) is 4.63. The van der Waals surface area contributed by atoms with Gasteiger partial charge in [0.15, 0.2) is 0 Å². The second-order valence-electron chi connectivity index (χ2n) is 6.30. The number of rotatable bonds is 4. The predicted octanol–water partition coefficient (Wildman–Crippen LogP) is 3.32. The van der Waals surface area contributed by atoms with Crippen molar-refractivity contribution < 1.29 is 14.3 Å². The maximum atomic E-state index is 12.3. The van der Waals surface area contributed by atoms with Crippen molar-refractivity contribution in [1.82, 2.24) is 10.3 Å². The Morgan fingerprint density at radius 1 is 1.38 bits per heavy atom. The number of oxazole rings is 1. The summed E-state index contributed by atoms with van der Waals surface area (Å²) in [6, 6.07) is 5.47. The van der Waals surface area contributed by atoms with Crippen molar-refractivity contribution in [3.05, 3.63) is 36.2 Å². The van der Waals surface area contributed by atoms with Crippen molar-refractivity contribution in [3.63, 3.8) is 0 Å². The number of benzene rings is 1. The maximum Gasteiger partial charge on any atom is 0.319 e. The molecular formula is C18H23N3O3. The van der Waals surface area contributed by atoms with Crippen LogP contribution in [-0.2, 0) is 0 Å². The van der Waals surface area contributed by atoms with Crippen LogP contribution in [0.4, 0.5) is 10.5 Å². The Morgan fingerprint density at radius 2 is 2.21 bits per heavy atom. The number of hydrogen-bond donors (Lipinski definition) is 3. The average Bonchev–Trinajstić information content (AvgIpc) is 3.12. The summed E-state index contributed by atoms with van der Waals surface area (Å²) < 4.78 is 5.30. The van der Waals surface area contributed by atoms with Crippen LogP contribution in [0.3, 0.4) is 0 Å². The number of anilines is 1. The molecule has 0 bridgehead atoms. The van der Waals surface area contributed by atoms with Crippen molar-refractivity contribution in [2.45, 2.75) is 38.6 Å². The van der Waals surface area contributed by atoms with E-state index in [-0.39, 0.29) is 24.6 Å². The van der Waals surface area contributed by atoms with Crippen LogP contribution in [-0.4, -0.2) is 28.8 Å². The van der Waals surface area contributed by atoms with Crippen molar-refractivity contribution in [3.8, 4) is 11.5 Å². The van der Waals surface area contributed by atoms with Crippen LogP contribution in [0.2, 0.25) is 0 Å². The molecule has 2 unspecified atom stereocenters. The molecule has 3 N–H and O–H groups in total. The van der Waals surface area contributed by atoms with Gasteiger partial charge in [-0.15, -0.1) is 0 Å². The molecule has 2 aromatic rings. The minimum atomic E-state index is -0.243. The normalized spacial score (nSPS) is 20.6. The highest BCUT2D eigenvalue weighted by atomic mass is 16.3. The van der Waals surface area contributed by atoms with E-state index in [2.05, 4.69) is 15.6 Å². The Kier molecular flexibility index (Phi) is 5.15. The fourth-order valence-electron chi connectivity index (χ4n) is 3.20. The van der Waals surface area contributed by atoms with E-state index in [1.807, 2.05) is 25.1 Å². The number of aromatic nitrogens is 1. The zero-order valence-corrected chi connectivity index (χ0v) is 13.8. The molecule has 3 rings (SSSR count). The molecule has 1 fully saturated rings. The quantitative estimate of drug-likeness (QED) is 0.803. The molecule has 1 heterocycles. The molecule has 6 nitrogen and oxygen atoms in total. The van der Waals surface area contributed by atoms with Crippen molar-refractivity contribution in [2.75, 3.05) is 11.9 Å². The molecule has 0 aliphatic heterocycles. The number of carbonyl (C=O) groups excluding carboxylic acids is 1. The minimum absolute atomic E-state index is 0.0268. The summed E-state index contributed by atoms with van der Waals surface area (Å²) in [7, 11) is 0. The summed E-state index contributed by atoms with van der Waals surface area (Å²) in [6.45, 7) is 2.05. The topological polar surface area (TPSA) is 87.4 Å². The summed E-state index contributed by atoms with van der Waals surface area (Å²) in [5.74, 6) is 0.662. The van der Waals surface area contributed by atoms with Gasteiger partial charge in [-0.3, -0.25) is 0 Å². The first-order chi connectivity index (χ1) is 11.7. The van der Waals surface area contributed by atoms with Crippen LogP contribution in [0.1, 0.15) is 31.2 Å². The summed E-state index contributed by atoms with van der Waals surface area (Å²) >= 11 is 0. The molecule has 1 aromatic heterocycles. The van der Waals surface area contributed by atoms with Crippen LogP contribution in [0, 0.1) is 12.8 Å². The minimum Gasteiger partial charge on any atom is -0.445 e. The molecule has 6 heteroatoms. The predicted molar refractivity (Wildman–Crippen MR) is 91.7 cm³/mol. The lowest BCUT2D eigenvalue weighted by atomic mass is 9.85. The third kappa shape index (κ3) is 3.76. The number of aryl methyl sites for hydroxylation is 1. The number of carbonyl (C=O) groups is 1. The molecule has 2 amide bonds. The van der Waals surface area contributed by atoms with Crippen molar-refractivity contribution in [2.24, 2.45) is 5.92 Å². The highest BCUT2D eigenvalue weighted by Crippen LogP contribution is 2.26. The first kappa shape index (κ1) is 16.5. The highest BCUT2D eigenvalue weighted by molar-refractivity contribution is 5.91. The molecule has 24 heavy (non-hydrogen) atoms. The fraction of sp³-hybridized carbons (Fsp3) is 0.444. The summed E-state index contributed by atoms with van der Waals surface area (Å²) in [4.78, 5) is 16.5. The molecule has 0 radical (unpaired) electrons. The van der Waals surface area contributed by atoms with E-state index in [1.54, 1.807) is 6.20 Å². The van der Waals surface area contributed by atoms with Gasteiger partial charge in [0.2, 0.25) is 5.89 Å². The van der Waals surface area contributed by atoms with Crippen molar-refractivity contribution >= 4 is 11.7 Å². The number of hydrogen-bond acceptors (Lipinski definition) is 4. The van der Waals surface area contributed by atoms with Gasteiger partial charge in [-0.1, -0.05) is 18.9 Å². The van der Waals surface area contributed by atoms with E-state index in [4.69, 9.17) is 4.42 Å². The van der Waals surface area contributed by atoms with Gasteiger partial charge < -0.3 is 20.2 Å². The summed E-state index contributed by atoms with van der Waals surface area (Å²) in [5.41, 5.74) is 2.49. The van der Waals surface area contributed by atoms with E-state index in [9.17, 15) is 9.90 Å². The lowest BCUT2D eigenvalue weighted by Gasteiger charge is -2.30. The zero-order valence-electron chi connectivity index (χ0n) is 13.8. The zero-order chi connectivity index (χ0) is 16.9. The van der Waals surface area contributed by atoms with Gasteiger partial charge >= 0.3 is 6.03 Å². The largest absolute Gasteiger partial charge is 0.445 e. The van der Waals surface area contributed by atoms with Crippen LogP contribution >= 0.6 is 0 Å². The van der Waals surface area contributed by atoms with Crippen LogP contribution in [0.5, 0.6) is 0 Å². The van der Waals surface area contributed by atoms with Crippen LogP contribution in [0.25, 0.3) is 11.5 Å². The Bertz CT molecular complexity index is 685. The molecule has 0 spiro atoms. The van der Waals surface area contributed by atoms with E-state index in [0.717, 1.165) is 42.5 Å². The summed E-state index contributed by atoms with van der Waals surface area (Å²) in [5, 5.41) is 15.4. The smallest absolute Gasteiger partial charge is 0.319 e. The number of nitrogens with one attached hydrogen (secondary N) is 2. The third-order valence-electron chi connectivity index (χ3n) is 4.63. The maximum absolute atomic E-state index is 12.3. The van der Waals surface area contributed by atoms with Gasteiger partial charge in [0.05, 0.1) is 6.20 Å². The Balaban J connectivity index is 1.68. The molecule has 1 aliphatic carbocycles. The highest BCUT2D eigenvalue weighted by Gasteiger charge is 2.25. The lowest BCUT2D eigenvalue weighted by Crippen LogP contribution is -2.45. The van der Waals surface area contributed by atoms with E-state index >= 15 is 0 Å². The van der Waals surface area contributed by atoms with Gasteiger partial charge in [0.25, 0.3) is 0 Å². The lowest BCUT2D eigenvalue weighted by molar-refractivity contribution is 0.156. The van der Waals surface area contributed by atoms with Gasteiger partial charge in [0.1, 0.15) is 6.26 Å². The van der Waals surface area contributed by atoms with Gasteiger partial charge in [0, 0.05) is 29.8 Å². The molecule has 1 saturated carbocycles. The molecule has 128 valence electrons. The fourth-order valence-corrected chi connectivity index (χ4v) is 3.20. The van der Waals surface area contributed by atoms with E-state index < -0.39 is 0 Å². The Morgan fingerprint density at radius 3 is 2.96 bits per heavy atom. The first-order valence-electron chi connectivity index (χ1n) is 8.36. The number of urea groups is 1. The van der Waals surface area contributed by atoms with E-state index in [1.165, 1.54) is 6.26 Å². The number of nitrogens with zero attached hydrogens (tertiary/aromatic N) is 1. The van der Waals surface area contributed by atoms with Crippen molar-refractivity contribution in [1.29, 1.82) is 0 Å². The first-order valence-corrected chi connectivity index (χ1v) is 8.36. The van der Waals surface area contributed by atoms with Gasteiger partial charge in [-0.25, -0.2) is 9.78 Å². The van der Waals surface area contributed by atoms with E-state index in [0.29, 0.717) is 5.89 Å². The molecule has 1 aliphatic rings. The number of aliphatic hydroxyl groups excluding tert-OH is 1. The van der Waals surface area contributed by atoms with Gasteiger partial charge in [-0.05, 0) is 37.5 Å². The molecular weight excluding hydrogens is 306 g/mol. The number of amides is 2. The average molecular weight is 329 g/mol. The molecule has 2 atom stereocenters. The van der Waals surface area contributed by atoms with Crippen LogP contribution in [0.15, 0.2) is 35.1 Å². The Hall–Kier alpha value is -2.34. The SMILES string of the molecule is Cc1ccc(-c2ncco2)cc1NC(=O)NC1CCCCC1CO. The monoisotopic (exact) mass is 329 g/mol. The van der Waals surface area contributed by atoms with Gasteiger partial charge in [-0.2, -0.15) is 0 Å². The van der Waals surface area contributed by atoms with Crippen LogP contribution < -0.4 is 10.6 Å². The standard InChI is InChI=1S/C18H23N3O3/c1-12-6-7-13(17-19-8-9-24-17)10-16(12)21-18(23)20-15-5-3-2-4-14(15)11-22/h6-10,14-15,22H,2-5,11H2,1H3,(H2,20,21,23). The Labute approximate surface area is 141 Å². The second kappa shape index (κ2) is 7.49. The summed E-state index contributed by atoms with van der Waals surface area (Å²) in [6.07, 6.45) is 7.18. The number of aliphatic hydroxyl groups is 1. The second-order valence-corrected chi connectivity index (χ2v) is 6.30. The molecule has 0 saturated heterocycles.